The highest BCUT2D eigenvalue weighted by molar-refractivity contribution is 5.79. The standard InChI is InChI=1S/C20H23FN6/c1-15-25-26-19(27(15)2)14-24-20(22-12-16-8-4-3-5-9-16)23-13-17-10-6-7-11-18(17)21/h3-11H,12-14H2,1-2H3,(H2,22,23,24). The van der Waals surface area contributed by atoms with E-state index in [2.05, 4.69) is 25.8 Å². The minimum atomic E-state index is -0.240. The van der Waals surface area contributed by atoms with E-state index < -0.39 is 0 Å². The average molecular weight is 366 g/mol. The molecule has 6 nitrogen and oxygen atoms in total. The molecular formula is C20H23FN6. The average Bonchev–Trinajstić information content (AvgIpc) is 3.01. The molecule has 0 bridgehead atoms. The highest BCUT2D eigenvalue weighted by Crippen LogP contribution is 2.06. The van der Waals surface area contributed by atoms with Crippen LogP contribution in [0.3, 0.4) is 0 Å². The van der Waals surface area contributed by atoms with Gasteiger partial charge in [-0.3, -0.25) is 0 Å². The summed E-state index contributed by atoms with van der Waals surface area (Å²) < 4.78 is 15.8. The molecule has 0 atom stereocenters. The molecule has 2 N–H and O–H groups in total. The molecule has 0 amide bonds. The normalized spacial score (nSPS) is 11.4. The zero-order valence-corrected chi connectivity index (χ0v) is 15.5. The van der Waals surface area contributed by atoms with Crippen LogP contribution in [0, 0.1) is 12.7 Å². The van der Waals surface area contributed by atoms with E-state index in [1.807, 2.05) is 54.9 Å². The monoisotopic (exact) mass is 366 g/mol. The topological polar surface area (TPSA) is 67.1 Å². The lowest BCUT2D eigenvalue weighted by Crippen LogP contribution is -2.37. The third-order valence-electron chi connectivity index (χ3n) is 4.26. The summed E-state index contributed by atoms with van der Waals surface area (Å²) in [7, 11) is 1.92. The van der Waals surface area contributed by atoms with Gasteiger partial charge in [-0.25, -0.2) is 9.38 Å². The van der Waals surface area contributed by atoms with Gasteiger partial charge in [0.25, 0.3) is 0 Å². The van der Waals surface area contributed by atoms with Crippen LogP contribution in [0.5, 0.6) is 0 Å². The lowest BCUT2D eigenvalue weighted by Gasteiger charge is -2.13. The van der Waals surface area contributed by atoms with Crippen LogP contribution in [-0.2, 0) is 26.7 Å². The summed E-state index contributed by atoms with van der Waals surface area (Å²) in [4.78, 5) is 4.60. The predicted molar refractivity (Wildman–Crippen MR) is 103 cm³/mol. The van der Waals surface area contributed by atoms with Crippen molar-refractivity contribution in [2.24, 2.45) is 12.0 Å². The Morgan fingerprint density at radius 2 is 1.70 bits per heavy atom. The maximum atomic E-state index is 13.9. The Morgan fingerprint density at radius 1 is 1.00 bits per heavy atom. The van der Waals surface area contributed by atoms with E-state index in [4.69, 9.17) is 0 Å². The molecule has 140 valence electrons. The molecule has 0 saturated heterocycles. The highest BCUT2D eigenvalue weighted by atomic mass is 19.1. The van der Waals surface area contributed by atoms with Gasteiger partial charge in [-0.05, 0) is 18.6 Å². The number of benzene rings is 2. The van der Waals surface area contributed by atoms with Gasteiger partial charge in [-0.1, -0.05) is 48.5 Å². The number of nitrogens with zero attached hydrogens (tertiary/aromatic N) is 4. The van der Waals surface area contributed by atoms with Crippen molar-refractivity contribution in [1.82, 2.24) is 25.4 Å². The summed E-state index contributed by atoms with van der Waals surface area (Å²) in [6.45, 7) is 3.23. The molecule has 1 heterocycles. The van der Waals surface area contributed by atoms with Crippen LogP contribution >= 0.6 is 0 Å². The summed E-state index contributed by atoms with van der Waals surface area (Å²) >= 11 is 0. The van der Waals surface area contributed by atoms with Gasteiger partial charge >= 0.3 is 0 Å². The van der Waals surface area contributed by atoms with Gasteiger partial charge in [-0.2, -0.15) is 0 Å². The van der Waals surface area contributed by atoms with Crippen molar-refractivity contribution in [3.63, 3.8) is 0 Å². The van der Waals surface area contributed by atoms with E-state index in [1.54, 1.807) is 12.1 Å². The Hall–Kier alpha value is -3.22. The van der Waals surface area contributed by atoms with Crippen LogP contribution in [0.4, 0.5) is 4.39 Å². The van der Waals surface area contributed by atoms with E-state index >= 15 is 0 Å². The van der Waals surface area contributed by atoms with E-state index in [0.717, 1.165) is 17.2 Å². The van der Waals surface area contributed by atoms with Crippen molar-refractivity contribution >= 4 is 5.96 Å². The maximum Gasteiger partial charge on any atom is 0.192 e. The Morgan fingerprint density at radius 3 is 2.41 bits per heavy atom. The fourth-order valence-electron chi connectivity index (χ4n) is 2.52. The number of aliphatic imine (C=N–C) groups is 1. The number of guanidine groups is 1. The molecule has 3 rings (SSSR count). The Bertz CT molecular complexity index is 904. The third kappa shape index (κ3) is 5.13. The van der Waals surface area contributed by atoms with Crippen LogP contribution in [-0.4, -0.2) is 20.7 Å². The number of nitrogens with one attached hydrogen (secondary N) is 2. The van der Waals surface area contributed by atoms with Crippen molar-refractivity contribution in [3.8, 4) is 0 Å². The number of hydrogen-bond donors (Lipinski definition) is 2. The van der Waals surface area contributed by atoms with Crippen molar-refractivity contribution in [3.05, 3.63) is 83.2 Å². The van der Waals surface area contributed by atoms with Crippen LogP contribution in [0.1, 0.15) is 22.8 Å². The molecule has 0 spiro atoms. The van der Waals surface area contributed by atoms with Crippen LogP contribution in [0.2, 0.25) is 0 Å². The summed E-state index contributed by atoms with van der Waals surface area (Å²) in [5, 5.41) is 14.6. The Balaban J connectivity index is 1.69. The highest BCUT2D eigenvalue weighted by Gasteiger charge is 2.07. The first kappa shape index (κ1) is 18.6. The number of halogens is 1. The molecule has 0 aliphatic carbocycles. The second-order valence-electron chi connectivity index (χ2n) is 6.17. The van der Waals surface area contributed by atoms with Gasteiger partial charge in [0, 0.05) is 19.2 Å². The Labute approximate surface area is 158 Å². The van der Waals surface area contributed by atoms with Gasteiger partial charge in [0.05, 0.1) is 13.1 Å². The number of rotatable bonds is 6. The predicted octanol–water partition coefficient (Wildman–Crippen LogP) is 2.70. The molecule has 1 aromatic heterocycles. The second-order valence-corrected chi connectivity index (χ2v) is 6.17. The number of aromatic nitrogens is 3. The van der Waals surface area contributed by atoms with Crippen LogP contribution in [0.25, 0.3) is 0 Å². The maximum absolute atomic E-state index is 13.9. The third-order valence-corrected chi connectivity index (χ3v) is 4.26. The van der Waals surface area contributed by atoms with Gasteiger partial charge < -0.3 is 15.2 Å². The van der Waals surface area contributed by atoms with Gasteiger partial charge in [0.1, 0.15) is 11.6 Å². The van der Waals surface area contributed by atoms with E-state index in [9.17, 15) is 4.39 Å². The van der Waals surface area contributed by atoms with Crippen LogP contribution in [0.15, 0.2) is 59.6 Å². The molecule has 0 fully saturated rings. The van der Waals surface area contributed by atoms with Crippen LogP contribution < -0.4 is 10.6 Å². The first-order valence-corrected chi connectivity index (χ1v) is 8.78. The summed E-state index contributed by atoms with van der Waals surface area (Å²) in [6.07, 6.45) is 0. The molecular weight excluding hydrogens is 343 g/mol. The SMILES string of the molecule is Cc1nnc(CNC(=NCc2ccccc2)NCc2ccccc2F)n1C. The first-order chi connectivity index (χ1) is 13.1. The molecule has 0 aliphatic heterocycles. The lowest BCUT2D eigenvalue weighted by atomic mass is 10.2. The molecule has 7 heteroatoms. The lowest BCUT2D eigenvalue weighted by molar-refractivity contribution is 0.604. The molecule has 3 aromatic rings. The van der Waals surface area contributed by atoms with Crippen molar-refractivity contribution in [2.45, 2.75) is 26.6 Å². The molecule has 0 aliphatic rings. The van der Waals surface area contributed by atoms with E-state index in [0.29, 0.717) is 31.2 Å². The van der Waals surface area contributed by atoms with Crippen molar-refractivity contribution < 1.29 is 4.39 Å². The van der Waals surface area contributed by atoms with Crippen molar-refractivity contribution in [2.75, 3.05) is 0 Å². The van der Waals surface area contributed by atoms with E-state index in [-0.39, 0.29) is 5.82 Å². The van der Waals surface area contributed by atoms with Gasteiger partial charge in [-0.15, -0.1) is 10.2 Å². The second kappa shape index (κ2) is 8.93. The summed E-state index contributed by atoms with van der Waals surface area (Å²) in [6, 6.07) is 16.7. The fraction of sp³-hybridized carbons (Fsp3) is 0.250. The summed E-state index contributed by atoms with van der Waals surface area (Å²) in [5.74, 6) is 1.99. The molecule has 0 radical (unpaired) electrons. The number of hydrogen-bond acceptors (Lipinski definition) is 3. The molecule has 2 aromatic carbocycles. The quantitative estimate of drug-likeness (QED) is 0.520. The number of aryl methyl sites for hydroxylation is 1. The fourth-order valence-corrected chi connectivity index (χ4v) is 2.52. The molecule has 0 unspecified atom stereocenters. The smallest absolute Gasteiger partial charge is 0.192 e. The first-order valence-electron chi connectivity index (χ1n) is 8.78. The molecule has 27 heavy (non-hydrogen) atoms. The largest absolute Gasteiger partial charge is 0.352 e. The minimum Gasteiger partial charge on any atom is -0.352 e. The van der Waals surface area contributed by atoms with Gasteiger partial charge in [0.15, 0.2) is 11.8 Å². The zero-order chi connectivity index (χ0) is 19.1. The minimum absolute atomic E-state index is 0.240. The molecule has 0 saturated carbocycles. The summed E-state index contributed by atoms with van der Waals surface area (Å²) in [5.41, 5.74) is 1.68. The van der Waals surface area contributed by atoms with Gasteiger partial charge in [0.2, 0.25) is 0 Å². The van der Waals surface area contributed by atoms with E-state index in [1.165, 1.54) is 6.07 Å². The van der Waals surface area contributed by atoms with Crippen molar-refractivity contribution in [1.29, 1.82) is 0 Å². The Kier molecular flexibility index (Phi) is 6.14. The zero-order valence-electron chi connectivity index (χ0n) is 15.5.